The van der Waals surface area contributed by atoms with Crippen LogP contribution in [0, 0.1) is 0 Å². The molecule has 2 aromatic rings. The maximum Gasteiger partial charge on any atom is 0.296 e. The molecule has 0 saturated heterocycles. The fourth-order valence-corrected chi connectivity index (χ4v) is 4.05. The summed E-state index contributed by atoms with van der Waals surface area (Å²) in [4.78, 5) is 18.4. The zero-order valence-corrected chi connectivity index (χ0v) is 19.8. The van der Waals surface area contributed by atoms with Crippen LogP contribution >= 0.6 is 39.3 Å². The number of nitrogens with one attached hydrogen (secondary N) is 2. The van der Waals surface area contributed by atoms with Gasteiger partial charge in [-0.2, -0.15) is 5.43 Å². The van der Waals surface area contributed by atoms with Crippen LogP contribution in [0.3, 0.4) is 0 Å². The van der Waals surface area contributed by atoms with Crippen LogP contribution in [-0.4, -0.2) is 17.6 Å². The van der Waals surface area contributed by atoms with Crippen LogP contribution in [0.1, 0.15) is 22.8 Å². The van der Waals surface area contributed by atoms with Crippen LogP contribution < -0.4 is 27.4 Å². The lowest BCUT2D eigenvalue weighted by Crippen LogP contribution is -3.17. The highest BCUT2D eigenvalue weighted by atomic mass is 79.9. The molecular weight excluding hydrogens is 526 g/mol. The Morgan fingerprint density at radius 3 is 2.50 bits per heavy atom. The molecule has 1 atom stereocenters. The third-order valence-electron chi connectivity index (χ3n) is 3.91. The van der Waals surface area contributed by atoms with Crippen molar-refractivity contribution in [3.05, 3.63) is 86.7 Å². The van der Waals surface area contributed by atoms with Gasteiger partial charge in [0.15, 0.2) is 5.70 Å². The summed E-state index contributed by atoms with van der Waals surface area (Å²) in [6.45, 7) is 6.24. The Bertz CT molecular complexity index is 927. The van der Waals surface area contributed by atoms with Crippen molar-refractivity contribution in [2.75, 3.05) is 6.54 Å². The third kappa shape index (κ3) is 5.36. The molecule has 0 aliphatic carbocycles. The summed E-state index contributed by atoms with van der Waals surface area (Å²) in [5.74, 6) is -0.175. The van der Waals surface area contributed by atoms with Crippen molar-refractivity contribution >= 4 is 56.1 Å². The van der Waals surface area contributed by atoms with E-state index in [9.17, 15) is 4.79 Å². The van der Waals surface area contributed by atoms with Crippen molar-refractivity contribution in [1.29, 1.82) is 0 Å². The molecule has 0 aromatic heterocycles. The maximum atomic E-state index is 12.8. The molecular formula is C20H18Br2ClN3OS. The highest BCUT2D eigenvalue weighted by Crippen LogP contribution is 2.28. The molecule has 146 valence electrons. The molecule has 1 aliphatic heterocycles. The van der Waals surface area contributed by atoms with Crippen molar-refractivity contribution in [3.63, 3.8) is 0 Å². The number of aliphatic imine (C=N–C) groups is 1. The summed E-state index contributed by atoms with van der Waals surface area (Å²) in [5.41, 5.74) is 5.58. The number of benzene rings is 2. The Labute approximate surface area is 192 Å². The summed E-state index contributed by atoms with van der Waals surface area (Å²) < 4.78 is 0.925. The number of halogens is 3. The highest BCUT2D eigenvalue weighted by Gasteiger charge is 2.36. The van der Waals surface area contributed by atoms with E-state index in [1.54, 1.807) is 30.0 Å². The molecule has 0 saturated carbocycles. The van der Waals surface area contributed by atoms with Crippen molar-refractivity contribution in [1.82, 2.24) is 5.43 Å². The average Bonchev–Trinajstić information content (AvgIpc) is 2.96. The number of rotatable bonds is 5. The first-order valence-corrected chi connectivity index (χ1v) is 10.2. The van der Waals surface area contributed by atoms with Gasteiger partial charge in [0.2, 0.25) is 0 Å². The standard InChI is InChI=1S/C20H17BrClN3OS.BrH/c1-3-12-23-20-25(24-19(26)15-4-8-16(21)9-5-15)18(13(2)27-20)14-6-10-17(22)11-7-14;/h3-11H,1,12H2,2H3,(H,24,26);1H. The summed E-state index contributed by atoms with van der Waals surface area (Å²) >= 11 is 11.0. The number of thioether (sulfide) groups is 1. The van der Waals surface area contributed by atoms with E-state index < -0.39 is 0 Å². The van der Waals surface area contributed by atoms with Crippen molar-refractivity contribution in [3.8, 4) is 0 Å². The predicted octanol–water partition coefficient (Wildman–Crippen LogP) is 1.31. The monoisotopic (exact) mass is 541 g/mol. The highest BCUT2D eigenvalue weighted by molar-refractivity contribution is 9.10. The predicted molar refractivity (Wildman–Crippen MR) is 117 cm³/mol. The number of allylic oxidation sites excluding steroid dienone is 1. The minimum atomic E-state index is -0.175. The number of carbonyl (C=O) groups is 1. The van der Waals surface area contributed by atoms with E-state index in [0.29, 0.717) is 17.1 Å². The first-order valence-electron chi connectivity index (χ1n) is 8.24. The number of nitrogens with zero attached hydrogens (tertiary/aromatic N) is 1. The van der Waals surface area contributed by atoms with Gasteiger partial charge < -0.3 is 17.0 Å². The Morgan fingerprint density at radius 1 is 1.25 bits per heavy atom. The molecule has 8 heteroatoms. The summed E-state index contributed by atoms with van der Waals surface area (Å²) in [7, 11) is 0. The number of hydrogen-bond donors (Lipinski definition) is 2. The second-order valence-corrected chi connectivity index (χ2v) is 8.37. The van der Waals surface area contributed by atoms with E-state index in [2.05, 4.69) is 32.9 Å². The van der Waals surface area contributed by atoms with Crippen LogP contribution in [0.5, 0.6) is 0 Å². The van der Waals surface area contributed by atoms with Gasteiger partial charge in [0.05, 0.1) is 11.4 Å². The van der Waals surface area contributed by atoms with Crippen LogP contribution in [-0.2, 0) is 0 Å². The molecule has 1 heterocycles. The van der Waals surface area contributed by atoms with Crippen LogP contribution in [0.2, 0.25) is 5.02 Å². The first kappa shape index (κ1) is 22.9. The number of amidine groups is 1. The van der Waals surface area contributed by atoms with E-state index in [-0.39, 0.29) is 22.9 Å². The minimum Gasteiger partial charge on any atom is -1.00 e. The Balaban J connectivity index is 0.00000280. The molecule has 4 nitrogen and oxygen atoms in total. The fraction of sp³-hybridized carbons (Fsp3) is 0.100. The van der Waals surface area contributed by atoms with Gasteiger partial charge in [-0.05, 0) is 67.2 Å². The van der Waals surface area contributed by atoms with Gasteiger partial charge in [0.1, 0.15) is 0 Å². The van der Waals surface area contributed by atoms with Crippen LogP contribution in [0.15, 0.2) is 75.6 Å². The molecule has 3 rings (SSSR count). The van der Waals surface area contributed by atoms with Gasteiger partial charge in [-0.3, -0.25) is 4.79 Å². The van der Waals surface area contributed by atoms with Gasteiger partial charge in [0, 0.05) is 20.6 Å². The molecule has 2 N–H and O–H groups in total. The van der Waals surface area contributed by atoms with Crippen molar-refractivity contribution in [2.24, 2.45) is 4.99 Å². The molecule has 1 amide bonds. The van der Waals surface area contributed by atoms with Gasteiger partial charge >= 0.3 is 0 Å². The van der Waals surface area contributed by atoms with Crippen molar-refractivity contribution < 1.29 is 26.8 Å². The zero-order valence-electron chi connectivity index (χ0n) is 15.0. The number of quaternary nitrogens is 1. The maximum absolute atomic E-state index is 12.8. The van der Waals surface area contributed by atoms with E-state index in [4.69, 9.17) is 11.6 Å². The van der Waals surface area contributed by atoms with Gasteiger partial charge in [-0.15, -0.1) is 11.6 Å². The lowest BCUT2D eigenvalue weighted by Gasteiger charge is -2.17. The Hall–Kier alpha value is -1.38. The van der Waals surface area contributed by atoms with Crippen molar-refractivity contribution in [2.45, 2.75) is 6.92 Å². The molecule has 0 spiro atoms. The zero-order chi connectivity index (χ0) is 19.4. The molecule has 28 heavy (non-hydrogen) atoms. The van der Waals surface area contributed by atoms with Crippen LogP contribution in [0.4, 0.5) is 0 Å². The Kier molecular flexibility index (Phi) is 8.52. The van der Waals surface area contributed by atoms with Gasteiger partial charge in [0.25, 0.3) is 11.1 Å². The summed E-state index contributed by atoms with van der Waals surface area (Å²) in [5, 5.41) is 2.17. The van der Waals surface area contributed by atoms with E-state index in [0.717, 1.165) is 30.8 Å². The number of carbonyl (C=O) groups excluding carboxylic acids is 1. The average molecular weight is 544 g/mol. The molecule has 1 unspecified atom stereocenters. The first-order chi connectivity index (χ1) is 13.0. The number of hydrogen-bond acceptors (Lipinski definition) is 3. The fourth-order valence-electron chi connectivity index (χ4n) is 2.66. The second kappa shape index (κ2) is 10.4. The van der Waals surface area contributed by atoms with E-state index >= 15 is 0 Å². The topological polar surface area (TPSA) is 45.9 Å². The summed E-state index contributed by atoms with van der Waals surface area (Å²) in [6.07, 6.45) is 1.73. The lowest BCUT2D eigenvalue weighted by atomic mass is 10.1. The molecule has 0 radical (unpaired) electrons. The largest absolute Gasteiger partial charge is 1.00 e. The third-order valence-corrected chi connectivity index (χ3v) is 5.73. The molecule has 2 aromatic carbocycles. The van der Waals surface area contributed by atoms with Crippen LogP contribution in [0.25, 0.3) is 5.70 Å². The van der Waals surface area contributed by atoms with E-state index in [1.807, 2.05) is 43.3 Å². The van der Waals surface area contributed by atoms with Gasteiger partial charge in [-0.1, -0.05) is 33.6 Å². The smallest absolute Gasteiger partial charge is 0.296 e. The quantitative estimate of drug-likeness (QED) is 0.559. The summed E-state index contributed by atoms with van der Waals surface area (Å²) in [6, 6.07) is 14.8. The SMILES string of the molecule is C=CCN=C1SC(C)=C(c2ccc(Cl)cc2)[NH+]1NC(=O)c1ccc(Br)cc1.[Br-]. The second-order valence-electron chi connectivity index (χ2n) is 5.81. The lowest BCUT2D eigenvalue weighted by molar-refractivity contribution is -0.760. The normalized spacial score (nSPS) is 17.4. The minimum absolute atomic E-state index is 0. The molecule has 1 aliphatic rings. The van der Waals surface area contributed by atoms with Gasteiger partial charge in [-0.25, -0.2) is 4.99 Å². The molecule has 0 fully saturated rings. The number of amides is 1. The molecule has 0 bridgehead atoms. The Morgan fingerprint density at radius 2 is 1.89 bits per heavy atom. The van der Waals surface area contributed by atoms with E-state index in [1.165, 1.54) is 0 Å².